The lowest BCUT2D eigenvalue weighted by molar-refractivity contribution is -0.129. The molecule has 0 aromatic carbocycles. The van der Waals surface area contributed by atoms with Crippen LogP contribution in [-0.4, -0.2) is 22.8 Å². The van der Waals surface area contributed by atoms with Gasteiger partial charge in [-0.15, -0.1) is 23.7 Å². The number of nitrogens with zero attached hydrogens (tertiary/aromatic N) is 2. The smallest absolute Gasteiger partial charge is 0.228 e. The quantitative estimate of drug-likeness (QED) is 0.944. The first-order valence-electron chi connectivity index (χ1n) is 6.03. The molecule has 20 heavy (non-hydrogen) atoms. The van der Waals surface area contributed by atoms with Crippen molar-refractivity contribution in [2.45, 2.75) is 19.9 Å². The van der Waals surface area contributed by atoms with Crippen LogP contribution in [0.5, 0.6) is 0 Å². The molecule has 0 bridgehead atoms. The maximum absolute atomic E-state index is 12.1. The minimum absolute atomic E-state index is 0. The van der Waals surface area contributed by atoms with Crippen molar-refractivity contribution in [3.8, 4) is 0 Å². The lowest BCUT2D eigenvalue weighted by Crippen LogP contribution is -2.27. The first-order valence-corrected chi connectivity index (χ1v) is 6.91. The molecule has 0 saturated carbocycles. The van der Waals surface area contributed by atoms with Gasteiger partial charge in [-0.2, -0.15) is 0 Å². The molecule has 0 aliphatic rings. The summed E-state index contributed by atoms with van der Waals surface area (Å²) in [5.41, 5.74) is 8.15. The highest BCUT2D eigenvalue weighted by Gasteiger charge is 2.12. The fraction of sp³-hybridized carbons (Fsp3) is 0.286. The average Bonchev–Trinajstić information content (AvgIpc) is 2.78. The molecule has 4 nitrogen and oxygen atoms in total. The minimum Gasteiger partial charge on any atom is -0.397 e. The third kappa shape index (κ3) is 4.21. The number of hydrogen-bond acceptors (Lipinski definition) is 4. The highest BCUT2D eigenvalue weighted by Crippen LogP contribution is 2.17. The van der Waals surface area contributed by atoms with E-state index in [0.29, 0.717) is 18.7 Å². The fourth-order valence-corrected chi connectivity index (χ4v) is 2.66. The Morgan fingerprint density at radius 3 is 2.70 bits per heavy atom. The Hall–Kier alpha value is -1.59. The van der Waals surface area contributed by atoms with Crippen LogP contribution < -0.4 is 5.73 Å². The summed E-state index contributed by atoms with van der Waals surface area (Å²) in [6, 6.07) is 5.62. The molecule has 2 heterocycles. The SMILES string of the molecule is Cc1ccsc1CN(C)C(=O)Cc1ccc(N)cn1.Cl. The standard InChI is InChI=1S/C14H17N3OS.ClH/c1-10-5-6-19-13(10)9-17(2)14(18)7-12-4-3-11(15)8-16-12;/h3-6,8H,7,9,15H2,1-2H3;1H. The van der Waals surface area contributed by atoms with Gasteiger partial charge in [-0.3, -0.25) is 9.78 Å². The van der Waals surface area contributed by atoms with Crippen molar-refractivity contribution in [2.75, 3.05) is 12.8 Å². The predicted octanol–water partition coefficient (Wildman–Crippen LogP) is 2.66. The van der Waals surface area contributed by atoms with Crippen molar-refractivity contribution in [2.24, 2.45) is 0 Å². The molecule has 108 valence electrons. The molecule has 0 fully saturated rings. The molecule has 0 radical (unpaired) electrons. The number of likely N-dealkylation sites (N-methyl/N-ethyl adjacent to an activating group) is 1. The molecule has 0 atom stereocenters. The van der Waals surface area contributed by atoms with Gasteiger partial charge in [-0.05, 0) is 36.1 Å². The van der Waals surface area contributed by atoms with Crippen molar-refractivity contribution in [1.29, 1.82) is 0 Å². The molecule has 0 aliphatic carbocycles. The predicted molar refractivity (Wildman–Crippen MR) is 85.1 cm³/mol. The van der Waals surface area contributed by atoms with Crippen molar-refractivity contribution >= 4 is 35.3 Å². The van der Waals surface area contributed by atoms with Gasteiger partial charge in [0, 0.05) is 17.6 Å². The number of thiophene rings is 1. The molecule has 2 N–H and O–H groups in total. The van der Waals surface area contributed by atoms with Gasteiger partial charge in [0.2, 0.25) is 5.91 Å². The second kappa shape index (κ2) is 7.26. The number of aryl methyl sites for hydroxylation is 1. The number of halogens is 1. The van der Waals surface area contributed by atoms with Crippen molar-refractivity contribution in [1.82, 2.24) is 9.88 Å². The first kappa shape index (κ1) is 16.5. The zero-order valence-corrected chi connectivity index (χ0v) is 13.1. The van der Waals surface area contributed by atoms with E-state index in [2.05, 4.69) is 18.0 Å². The summed E-state index contributed by atoms with van der Waals surface area (Å²) in [4.78, 5) is 19.2. The molecular weight excluding hydrogens is 294 g/mol. The zero-order chi connectivity index (χ0) is 13.8. The van der Waals surface area contributed by atoms with Gasteiger partial charge in [0.1, 0.15) is 0 Å². The lowest BCUT2D eigenvalue weighted by atomic mass is 10.2. The molecule has 0 saturated heterocycles. The molecule has 0 unspecified atom stereocenters. The molecule has 0 aliphatic heterocycles. The Morgan fingerprint density at radius 2 is 2.15 bits per heavy atom. The van der Waals surface area contributed by atoms with E-state index in [-0.39, 0.29) is 18.3 Å². The van der Waals surface area contributed by atoms with E-state index < -0.39 is 0 Å². The second-order valence-corrected chi connectivity index (χ2v) is 5.54. The zero-order valence-electron chi connectivity index (χ0n) is 11.5. The van der Waals surface area contributed by atoms with E-state index in [1.807, 2.05) is 12.4 Å². The number of carbonyl (C=O) groups excluding carboxylic acids is 1. The summed E-state index contributed by atoms with van der Waals surface area (Å²) >= 11 is 1.68. The Labute approximate surface area is 129 Å². The largest absolute Gasteiger partial charge is 0.397 e. The van der Waals surface area contributed by atoms with Gasteiger partial charge in [-0.25, -0.2) is 0 Å². The highest BCUT2D eigenvalue weighted by atomic mass is 35.5. The summed E-state index contributed by atoms with van der Waals surface area (Å²) in [5.74, 6) is 0.0603. The maximum Gasteiger partial charge on any atom is 0.228 e. The van der Waals surface area contributed by atoms with Crippen LogP contribution >= 0.6 is 23.7 Å². The van der Waals surface area contributed by atoms with E-state index in [1.165, 1.54) is 10.4 Å². The van der Waals surface area contributed by atoms with Crippen molar-refractivity contribution < 1.29 is 4.79 Å². The Morgan fingerprint density at radius 1 is 1.40 bits per heavy atom. The van der Waals surface area contributed by atoms with Crippen LogP contribution in [0.15, 0.2) is 29.8 Å². The Balaban J connectivity index is 0.00000200. The van der Waals surface area contributed by atoms with Crippen LogP contribution in [-0.2, 0) is 17.8 Å². The van der Waals surface area contributed by atoms with Gasteiger partial charge in [0.05, 0.1) is 24.8 Å². The van der Waals surface area contributed by atoms with E-state index in [1.54, 1.807) is 34.6 Å². The normalized spacial score (nSPS) is 9.90. The second-order valence-electron chi connectivity index (χ2n) is 4.54. The number of rotatable bonds is 4. The van der Waals surface area contributed by atoms with Crippen molar-refractivity contribution in [3.05, 3.63) is 45.9 Å². The van der Waals surface area contributed by atoms with Gasteiger partial charge in [0.25, 0.3) is 0 Å². The average molecular weight is 312 g/mol. The van der Waals surface area contributed by atoms with Crippen LogP contribution in [0.3, 0.4) is 0 Å². The summed E-state index contributed by atoms with van der Waals surface area (Å²) in [6.45, 7) is 2.71. The number of anilines is 1. The number of hydrogen-bond donors (Lipinski definition) is 1. The van der Waals surface area contributed by atoms with E-state index in [4.69, 9.17) is 5.73 Å². The van der Waals surface area contributed by atoms with Crippen molar-refractivity contribution in [3.63, 3.8) is 0 Å². The number of nitrogen functional groups attached to an aromatic ring is 1. The summed E-state index contributed by atoms with van der Waals surface area (Å²) in [7, 11) is 1.82. The van der Waals surface area contributed by atoms with E-state index >= 15 is 0 Å². The molecule has 0 spiro atoms. The third-order valence-corrected chi connectivity index (χ3v) is 3.96. The number of carbonyl (C=O) groups is 1. The molecule has 6 heteroatoms. The lowest BCUT2D eigenvalue weighted by Gasteiger charge is -2.16. The molecule has 2 aromatic rings. The summed E-state index contributed by atoms with van der Waals surface area (Å²) in [6.07, 6.45) is 1.88. The van der Waals surface area contributed by atoms with Gasteiger partial charge in [-0.1, -0.05) is 0 Å². The van der Waals surface area contributed by atoms with E-state index in [9.17, 15) is 4.79 Å². The van der Waals surface area contributed by atoms with Crippen LogP contribution in [0.25, 0.3) is 0 Å². The number of aromatic nitrogens is 1. The Bertz CT molecular complexity index is 568. The molecule has 2 rings (SSSR count). The number of nitrogens with two attached hydrogens (primary N) is 1. The van der Waals surface area contributed by atoms with Crippen LogP contribution in [0.2, 0.25) is 0 Å². The third-order valence-electron chi connectivity index (χ3n) is 2.95. The van der Waals surface area contributed by atoms with Gasteiger partial charge >= 0.3 is 0 Å². The van der Waals surface area contributed by atoms with Crippen LogP contribution in [0.4, 0.5) is 5.69 Å². The number of amides is 1. The first-order chi connectivity index (χ1) is 9.06. The fourth-order valence-electron chi connectivity index (χ4n) is 1.70. The number of pyridine rings is 1. The highest BCUT2D eigenvalue weighted by molar-refractivity contribution is 7.10. The van der Waals surface area contributed by atoms with Crippen LogP contribution in [0, 0.1) is 6.92 Å². The Kier molecular flexibility index (Phi) is 5.98. The minimum atomic E-state index is 0. The molecule has 1 amide bonds. The maximum atomic E-state index is 12.1. The van der Waals surface area contributed by atoms with Gasteiger partial charge < -0.3 is 10.6 Å². The van der Waals surface area contributed by atoms with Crippen LogP contribution in [0.1, 0.15) is 16.1 Å². The van der Waals surface area contributed by atoms with Gasteiger partial charge in [0.15, 0.2) is 0 Å². The van der Waals surface area contributed by atoms with E-state index in [0.717, 1.165) is 5.69 Å². The summed E-state index contributed by atoms with van der Waals surface area (Å²) < 4.78 is 0. The monoisotopic (exact) mass is 311 g/mol. The summed E-state index contributed by atoms with van der Waals surface area (Å²) in [5, 5.41) is 2.05. The molecule has 2 aromatic heterocycles. The molecular formula is C14H18ClN3OS. The topological polar surface area (TPSA) is 59.2 Å².